The molecule has 1 aromatic carbocycles. The number of ketones is 1. The monoisotopic (exact) mass is 447 g/mol. The predicted molar refractivity (Wildman–Crippen MR) is 110 cm³/mol. The van der Waals surface area contributed by atoms with Gasteiger partial charge < -0.3 is 9.51 Å². The van der Waals surface area contributed by atoms with Crippen LogP contribution in [0.25, 0.3) is 11.1 Å². The summed E-state index contributed by atoms with van der Waals surface area (Å²) in [7, 11) is 0. The molecule has 0 saturated heterocycles. The van der Waals surface area contributed by atoms with Crippen LogP contribution in [0.4, 0.5) is 13.2 Å². The van der Waals surface area contributed by atoms with Crippen molar-refractivity contribution in [1.82, 2.24) is 4.40 Å². The van der Waals surface area contributed by atoms with Gasteiger partial charge in [-0.2, -0.15) is 13.2 Å². The number of pyridine rings is 1. The van der Waals surface area contributed by atoms with E-state index >= 15 is 0 Å². The van der Waals surface area contributed by atoms with E-state index in [0.29, 0.717) is 30.3 Å². The minimum absolute atomic E-state index is 0.0606. The summed E-state index contributed by atoms with van der Waals surface area (Å²) in [5.41, 5.74) is 0.620. The van der Waals surface area contributed by atoms with Crippen LogP contribution >= 0.6 is 11.6 Å². The summed E-state index contributed by atoms with van der Waals surface area (Å²) in [5, 5.41) is 8.94. The highest BCUT2D eigenvalue weighted by Crippen LogP contribution is 2.38. The lowest BCUT2D eigenvalue weighted by Crippen LogP contribution is -2.15. The Kier molecular flexibility index (Phi) is 5.39. The normalized spacial score (nSPS) is 16.9. The zero-order chi connectivity index (χ0) is 22.3. The summed E-state index contributed by atoms with van der Waals surface area (Å²) in [4.78, 5) is 24.5. The van der Waals surface area contributed by atoms with Crippen molar-refractivity contribution in [2.75, 3.05) is 0 Å². The topological polar surface area (TPSA) is 58.8 Å². The first-order valence-corrected chi connectivity index (χ1v) is 9.99. The first kappa shape index (κ1) is 21.2. The number of carboxylic acid groups (broad SMARTS) is 1. The number of hydrogen-bond donors (Lipinski definition) is 1. The zero-order valence-electron chi connectivity index (χ0n) is 16.1. The van der Waals surface area contributed by atoms with Gasteiger partial charge >= 0.3 is 12.1 Å². The number of nitrogens with zero attached hydrogens (tertiary/aromatic N) is 1. The lowest BCUT2D eigenvalue weighted by atomic mass is 9.87. The number of carbonyl (C=O) groups excluding carboxylic acids is 1. The van der Waals surface area contributed by atoms with Crippen molar-refractivity contribution in [2.45, 2.75) is 25.4 Å². The molecule has 160 valence electrons. The third kappa shape index (κ3) is 3.85. The minimum Gasteiger partial charge on any atom is -0.481 e. The van der Waals surface area contributed by atoms with Gasteiger partial charge in [0, 0.05) is 11.8 Å². The van der Waals surface area contributed by atoms with E-state index in [9.17, 15) is 27.9 Å². The Morgan fingerprint density at radius 3 is 2.55 bits per heavy atom. The predicted octanol–water partition coefficient (Wildman–Crippen LogP) is 6.11. The van der Waals surface area contributed by atoms with Gasteiger partial charge in [-0.05, 0) is 55.2 Å². The maximum Gasteiger partial charge on any atom is 0.417 e. The molecule has 4 rings (SSSR count). The molecule has 31 heavy (non-hydrogen) atoms. The van der Waals surface area contributed by atoms with E-state index in [1.54, 1.807) is 34.9 Å². The Hall–Kier alpha value is -3.06. The largest absolute Gasteiger partial charge is 0.481 e. The molecule has 0 spiro atoms. The quantitative estimate of drug-likeness (QED) is 0.491. The van der Waals surface area contributed by atoms with Crippen molar-refractivity contribution in [1.29, 1.82) is 0 Å². The van der Waals surface area contributed by atoms with Gasteiger partial charge in [0.05, 0.1) is 33.3 Å². The second-order valence-corrected chi connectivity index (χ2v) is 7.83. The third-order valence-electron chi connectivity index (χ3n) is 5.56. The molecule has 0 amide bonds. The van der Waals surface area contributed by atoms with Gasteiger partial charge in [0.2, 0.25) is 5.78 Å². The Morgan fingerprint density at radius 2 is 1.90 bits per heavy atom. The maximum absolute atomic E-state index is 13.5. The van der Waals surface area contributed by atoms with E-state index < -0.39 is 35.0 Å². The number of carbonyl (C=O) groups is 2. The van der Waals surface area contributed by atoms with Crippen molar-refractivity contribution in [3.05, 3.63) is 82.1 Å². The summed E-state index contributed by atoms with van der Waals surface area (Å²) < 4.78 is 42.2. The number of fused-ring (bicyclic) bond motifs is 1. The number of rotatable bonds is 4. The molecule has 1 N–H and O–H groups in total. The van der Waals surface area contributed by atoms with E-state index in [1.807, 2.05) is 6.08 Å². The number of carboxylic acids is 1. The van der Waals surface area contributed by atoms with Crippen LogP contribution < -0.4 is 0 Å². The molecule has 0 bridgehead atoms. The van der Waals surface area contributed by atoms with Crippen molar-refractivity contribution in [3.63, 3.8) is 0 Å². The molecule has 1 aliphatic rings. The summed E-state index contributed by atoms with van der Waals surface area (Å²) in [5.74, 6) is -2.15. The number of aromatic nitrogens is 1. The number of alkyl halides is 3. The first-order chi connectivity index (χ1) is 14.7. The van der Waals surface area contributed by atoms with Gasteiger partial charge in [-0.25, -0.2) is 0 Å². The van der Waals surface area contributed by atoms with Crippen molar-refractivity contribution in [2.24, 2.45) is 5.92 Å². The molecule has 2 heterocycles. The zero-order valence-corrected chi connectivity index (χ0v) is 16.9. The lowest BCUT2D eigenvalue weighted by molar-refractivity contribution is -0.142. The molecule has 1 aliphatic carbocycles. The summed E-state index contributed by atoms with van der Waals surface area (Å²) >= 11 is 6.04. The first-order valence-electron chi connectivity index (χ1n) is 9.61. The molecule has 8 heteroatoms. The van der Waals surface area contributed by atoms with Crippen LogP contribution in [-0.2, 0) is 11.0 Å². The molecule has 4 nitrogen and oxygen atoms in total. The third-order valence-corrected chi connectivity index (χ3v) is 5.88. The molecule has 0 radical (unpaired) electrons. The van der Waals surface area contributed by atoms with Crippen LogP contribution in [0.3, 0.4) is 0 Å². The Labute approximate surface area is 180 Å². The number of benzene rings is 1. The summed E-state index contributed by atoms with van der Waals surface area (Å²) in [6, 6.07) is 10.0. The van der Waals surface area contributed by atoms with E-state index in [0.717, 1.165) is 17.7 Å². The summed E-state index contributed by atoms with van der Waals surface area (Å²) in [6.07, 6.45) is 0.0237. The molecule has 0 fully saturated rings. The van der Waals surface area contributed by atoms with Gasteiger partial charge in [-0.1, -0.05) is 29.8 Å². The van der Waals surface area contributed by atoms with Gasteiger partial charge in [0.25, 0.3) is 0 Å². The number of hydrogen-bond acceptors (Lipinski definition) is 2. The smallest absolute Gasteiger partial charge is 0.417 e. The van der Waals surface area contributed by atoms with Crippen LogP contribution in [0.2, 0.25) is 5.02 Å². The molecule has 0 saturated carbocycles. The SMILES string of the molecule is O=C(c1c(Cl)cccc1C(F)(F)F)c1cc(C2=CCC(C(=O)O)CC2)c2ccccn12. The fraction of sp³-hybridized carbons (Fsp3) is 0.217. The van der Waals surface area contributed by atoms with Crippen LogP contribution in [0.5, 0.6) is 0 Å². The molecule has 1 atom stereocenters. The molecule has 3 aromatic rings. The van der Waals surface area contributed by atoms with Crippen molar-refractivity contribution >= 4 is 34.4 Å². The molecular formula is C23H17ClF3NO3. The Bertz CT molecular complexity index is 1230. The fourth-order valence-electron chi connectivity index (χ4n) is 4.01. The van der Waals surface area contributed by atoms with E-state index in [1.165, 1.54) is 6.07 Å². The highest BCUT2D eigenvalue weighted by Gasteiger charge is 2.37. The average molecular weight is 448 g/mol. The maximum atomic E-state index is 13.5. The standard InChI is InChI=1S/C23H17ClF3NO3/c24-17-5-3-4-16(23(25,26)27)20(17)21(29)19-12-15(18-6-1-2-11-28(18)19)13-7-9-14(10-8-13)22(30)31/h1-7,11-12,14H,8-10H2,(H,30,31). The Morgan fingerprint density at radius 1 is 1.13 bits per heavy atom. The fourth-order valence-corrected chi connectivity index (χ4v) is 4.27. The van der Waals surface area contributed by atoms with Crippen LogP contribution in [0.15, 0.2) is 54.7 Å². The van der Waals surface area contributed by atoms with Gasteiger partial charge in [0.15, 0.2) is 0 Å². The highest BCUT2D eigenvalue weighted by atomic mass is 35.5. The second kappa shape index (κ2) is 7.89. The van der Waals surface area contributed by atoms with Gasteiger partial charge in [-0.15, -0.1) is 0 Å². The average Bonchev–Trinajstić information content (AvgIpc) is 3.12. The molecule has 2 aromatic heterocycles. The van der Waals surface area contributed by atoms with Crippen LogP contribution in [-0.4, -0.2) is 21.3 Å². The highest BCUT2D eigenvalue weighted by molar-refractivity contribution is 6.35. The summed E-state index contributed by atoms with van der Waals surface area (Å²) in [6.45, 7) is 0. The molecule has 0 aliphatic heterocycles. The molecule has 1 unspecified atom stereocenters. The second-order valence-electron chi connectivity index (χ2n) is 7.43. The number of allylic oxidation sites excluding steroid dienone is 2. The van der Waals surface area contributed by atoms with Crippen LogP contribution in [0.1, 0.15) is 46.4 Å². The lowest BCUT2D eigenvalue weighted by Gasteiger charge is -2.18. The minimum atomic E-state index is -4.73. The van der Waals surface area contributed by atoms with Gasteiger partial charge in [-0.3, -0.25) is 9.59 Å². The van der Waals surface area contributed by atoms with E-state index in [-0.39, 0.29) is 10.7 Å². The Balaban J connectivity index is 1.85. The van der Waals surface area contributed by atoms with Gasteiger partial charge in [0.1, 0.15) is 0 Å². The van der Waals surface area contributed by atoms with Crippen molar-refractivity contribution in [3.8, 4) is 0 Å². The molecular weight excluding hydrogens is 431 g/mol. The van der Waals surface area contributed by atoms with E-state index in [4.69, 9.17) is 11.6 Å². The number of aliphatic carboxylic acids is 1. The van der Waals surface area contributed by atoms with Crippen LogP contribution in [0, 0.1) is 5.92 Å². The number of halogens is 4. The van der Waals surface area contributed by atoms with Crippen molar-refractivity contribution < 1.29 is 27.9 Å². The van der Waals surface area contributed by atoms with E-state index in [2.05, 4.69) is 0 Å².